The number of nitrogens with two attached hydrogens (primary N) is 1. The first-order valence-corrected chi connectivity index (χ1v) is 8.13. The van der Waals surface area contributed by atoms with E-state index in [1.165, 1.54) is 6.20 Å². The zero-order valence-corrected chi connectivity index (χ0v) is 12.7. The lowest BCUT2D eigenvalue weighted by Crippen LogP contribution is -2.40. The standard InChI is InChI=1S/C10H18N4O3S2/c1-4-14(6-8(15)13-7(2)3)10-12-5-9(18-10)19(11,16)17/h5,7H,4,6H2,1-3H3,(H,13,15)(H2,11,16,17). The number of amides is 1. The second-order valence-corrected chi connectivity index (χ2v) is 7.04. The largest absolute Gasteiger partial charge is 0.352 e. The molecule has 0 fully saturated rings. The minimum Gasteiger partial charge on any atom is -0.352 e. The van der Waals surface area contributed by atoms with Crippen molar-refractivity contribution in [2.24, 2.45) is 5.14 Å². The number of hydrogen-bond acceptors (Lipinski definition) is 6. The lowest BCUT2D eigenvalue weighted by Gasteiger charge is -2.19. The summed E-state index contributed by atoms with van der Waals surface area (Å²) in [5, 5.41) is 8.25. The van der Waals surface area contributed by atoms with Crippen LogP contribution in [0.5, 0.6) is 0 Å². The molecule has 1 heterocycles. The first-order chi connectivity index (χ1) is 8.74. The van der Waals surface area contributed by atoms with E-state index in [0.29, 0.717) is 11.7 Å². The first-order valence-electron chi connectivity index (χ1n) is 5.77. The molecule has 9 heteroatoms. The molecule has 0 aliphatic heterocycles. The van der Waals surface area contributed by atoms with Gasteiger partial charge in [0.05, 0.1) is 12.7 Å². The van der Waals surface area contributed by atoms with Gasteiger partial charge in [-0.05, 0) is 20.8 Å². The number of hydrogen-bond donors (Lipinski definition) is 2. The summed E-state index contributed by atoms with van der Waals surface area (Å²) in [7, 11) is -3.74. The van der Waals surface area contributed by atoms with Gasteiger partial charge < -0.3 is 10.2 Å². The van der Waals surface area contributed by atoms with Gasteiger partial charge in [0.25, 0.3) is 0 Å². The zero-order valence-electron chi connectivity index (χ0n) is 11.1. The van der Waals surface area contributed by atoms with Crippen LogP contribution >= 0.6 is 11.3 Å². The molecule has 0 bridgehead atoms. The number of rotatable bonds is 6. The molecule has 0 aliphatic carbocycles. The highest BCUT2D eigenvalue weighted by molar-refractivity contribution is 7.91. The van der Waals surface area contributed by atoms with Crippen molar-refractivity contribution in [2.75, 3.05) is 18.0 Å². The maximum Gasteiger partial charge on any atom is 0.249 e. The molecule has 0 aromatic carbocycles. The SMILES string of the molecule is CCN(CC(=O)NC(C)C)c1ncc(S(N)(=O)=O)s1. The molecule has 0 radical (unpaired) electrons. The number of aromatic nitrogens is 1. The van der Waals surface area contributed by atoms with Crippen LogP contribution in [0.2, 0.25) is 0 Å². The lowest BCUT2D eigenvalue weighted by molar-refractivity contribution is -0.120. The van der Waals surface area contributed by atoms with Crippen LogP contribution in [0.1, 0.15) is 20.8 Å². The van der Waals surface area contributed by atoms with E-state index in [2.05, 4.69) is 10.3 Å². The summed E-state index contributed by atoms with van der Waals surface area (Å²) < 4.78 is 22.3. The Bertz CT molecular complexity index is 539. The Balaban J connectivity index is 2.81. The first kappa shape index (κ1) is 15.9. The molecule has 1 aromatic heterocycles. The summed E-state index contributed by atoms with van der Waals surface area (Å²) in [4.78, 5) is 17.4. The second kappa shape index (κ2) is 6.31. The summed E-state index contributed by atoms with van der Waals surface area (Å²) in [5.41, 5.74) is 0. The van der Waals surface area contributed by atoms with Crippen LogP contribution < -0.4 is 15.4 Å². The average molecular weight is 306 g/mol. The van der Waals surface area contributed by atoms with E-state index in [1.54, 1.807) is 4.90 Å². The normalized spacial score (nSPS) is 11.6. The molecule has 7 nitrogen and oxygen atoms in total. The van der Waals surface area contributed by atoms with Crippen molar-refractivity contribution in [1.29, 1.82) is 0 Å². The molecule has 1 rings (SSSR count). The van der Waals surface area contributed by atoms with Crippen molar-refractivity contribution in [2.45, 2.75) is 31.0 Å². The zero-order chi connectivity index (χ0) is 14.6. The quantitative estimate of drug-likeness (QED) is 0.778. The van der Waals surface area contributed by atoms with Gasteiger partial charge in [-0.15, -0.1) is 0 Å². The minimum atomic E-state index is -3.74. The van der Waals surface area contributed by atoms with Crippen LogP contribution in [0, 0.1) is 0 Å². The Labute approximate surface area is 116 Å². The summed E-state index contributed by atoms with van der Waals surface area (Å²) in [6.45, 7) is 6.28. The number of sulfonamides is 1. The predicted molar refractivity (Wildman–Crippen MR) is 74.7 cm³/mol. The molecular formula is C10H18N4O3S2. The molecule has 0 atom stereocenters. The Kier molecular flexibility index (Phi) is 5.27. The van der Waals surface area contributed by atoms with Gasteiger partial charge >= 0.3 is 0 Å². The molecule has 0 saturated carbocycles. The molecule has 0 aliphatic rings. The molecule has 0 saturated heterocycles. The molecule has 19 heavy (non-hydrogen) atoms. The van der Waals surface area contributed by atoms with Crippen molar-refractivity contribution < 1.29 is 13.2 Å². The van der Waals surface area contributed by atoms with Gasteiger partial charge in [0.15, 0.2) is 9.34 Å². The minimum absolute atomic E-state index is 0.00906. The van der Waals surface area contributed by atoms with Crippen LogP contribution in [0.3, 0.4) is 0 Å². The fourth-order valence-electron chi connectivity index (χ4n) is 1.38. The molecule has 1 aromatic rings. The number of nitrogens with one attached hydrogen (secondary N) is 1. The molecule has 3 N–H and O–H groups in total. The topological polar surface area (TPSA) is 105 Å². The van der Waals surface area contributed by atoms with E-state index >= 15 is 0 Å². The van der Waals surface area contributed by atoms with E-state index in [1.807, 2.05) is 20.8 Å². The van der Waals surface area contributed by atoms with Gasteiger partial charge in [-0.3, -0.25) is 4.79 Å². The summed E-state index contributed by atoms with van der Waals surface area (Å²) >= 11 is 0.955. The highest BCUT2D eigenvalue weighted by Gasteiger charge is 2.18. The fraction of sp³-hybridized carbons (Fsp3) is 0.600. The highest BCUT2D eigenvalue weighted by atomic mass is 32.2. The van der Waals surface area contributed by atoms with Crippen molar-refractivity contribution in [3.63, 3.8) is 0 Å². The Hall–Kier alpha value is -1.19. The molecule has 0 spiro atoms. The van der Waals surface area contributed by atoms with E-state index in [9.17, 15) is 13.2 Å². The maximum atomic E-state index is 11.7. The van der Waals surface area contributed by atoms with Gasteiger partial charge in [0, 0.05) is 12.6 Å². The number of carbonyl (C=O) groups is 1. The smallest absolute Gasteiger partial charge is 0.249 e. The second-order valence-electron chi connectivity index (χ2n) is 4.24. The number of primary sulfonamides is 1. The fourth-order valence-corrected chi connectivity index (χ4v) is 2.99. The van der Waals surface area contributed by atoms with Gasteiger partial charge in [-0.2, -0.15) is 0 Å². The van der Waals surface area contributed by atoms with E-state index in [-0.39, 0.29) is 22.7 Å². The molecule has 108 valence electrons. The van der Waals surface area contributed by atoms with Crippen molar-refractivity contribution in [3.8, 4) is 0 Å². The Morgan fingerprint density at radius 1 is 1.58 bits per heavy atom. The third-order valence-electron chi connectivity index (χ3n) is 2.19. The van der Waals surface area contributed by atoms with E-state index in [4.69, 9.17) is 5.14 Å². The van der Waals surface area contributed by atoms with Crippen molar-refractivity contribution in [1.82, 2.24) is 10.3 Å². The maximum absolute atomic E-state index is 11.7. The number of carbonyl (C=O) groups excluding carboxylic acids is 1. The molecular weight excluding hydrogens is 288 g/mol. The number of thiazole rings is 1. The van der Waals surface area contributed by atoms with Crippen LogP contribution in [0.15, 0.2) is 10.4 Å². The van der Waals surface area contributed by atoms with Gasteiger partial charge in [0.1, 0.15) is 0 Å². The third-order valence-corrected chi connectivity index (χ3v) is 4.66. The number of likely N-dealkylation sites (N-methyl/N-ethyl adjacent to an activating group) is 1. The van der Waals surface area contributed by atoms with Crippen molar-refractivity contribution in [3.05, 3.63) is 6.20 Å². The van der Waals surface area contributed by atoms with Gasteiger partial charge in [-0.25, -0.2) is 18.5 Å². The highest BCUT2D eigenvalue weighted by Crippen LogP contribution is 2.24. The van der Waals surface area contributed by atoms with Crippen LogP contribution in [0.25, 0.3) is 0 Å². The summed E-state index contributed by atoms with van der Waals surface area (Å²) in [6, 6.07) is 0.0579. The van der Waals surface area contributed by atoms with E-state index < -0.39 is 10.0 Å². The predicted octanol–water partition coefficient (Wildman–Crippen LogP) is 0.141. The Morgan fingerprint density at radius 2 is 2.21 bits per heavy atom. The molecule has 0 unspecified atom stereocenters. The lowest BCUT2D eigenvalue weighted by atomic mass is 10.4. The van der Waals surface area contributed by atoms with Crippen LogP contribution in [-0.2, 0) is 14.8 Å². The van der Waals surface area contributed by atoms with E-state index in [0.717, 1.165) is 11.3 Å². The van der Waals surface area contributed by atoms with Gasteiger partial charge in [0.2, 0.25) is 15.9 Å². The average Bonchev–Trinajstić information content (AvgIpc) is 2.73. The summed E-state index contributed by atoms with van der Waals surface area (Å²) in [6.07, 6.45) is 1.21. The van der Waals surface area contributed by atoms with Crippen molar-refractivity contribution >= 4 is 32.4 Å². The monoisotopic (exact) mass is 306 g/mol. The van der Waals surface area contributed by atoms with Crippen LogP contribution in [0.4, 0.5) is 5.13 Å². The number of nitrogens with zero attached hydrogens (tertiary/aromatic N) is 2. The molecule has 1 amide bonds. The third kappa shape index (κ3) is 4.77. The summed E-state index contributed by atoms with van der Waals surface area (Å²) in [5.74, 6) is -0.135. The van der Waals surface area contributed by atoms with Crippen LogP contribution in [-0.4, -0.2) is 38.4 Å². The number of anilines is 1. The Morgan fingerprint density at radius 3 is 2.63 bits per heavy atom. The van der Waals surface area contributed by atoms with Gasteiger partial charge in [-0.1, -0.05) is 11.3 Å².